The summed E-state index contributed by atoms with van der Waals surface area (Å²) in [6.45, 7) is 0.825. The van der Waals surface area contributed by atoms with Gasteiger partial charge in [0.2, 0.25) is 5.91 Å². The molecule has 1 aromatic heterocycles. The number of carbonyl (C=O) groups excluding carboxylic acids is 2. The lowest BCUT2D eigenvalue weighted by Gasteiger charge is -2.05. The lowest BCUT2D eigenvalue weighted by molar-refractivity contribution is -0.113. The van der Waals surface area contributed by atoms with Crippen molar-refractivity contribution >= 4 is 56.8 Å². The van der Waals surface area contributed by atoms with E-state index in [1.54, 1.807) is 23.2 Å². The number of carbonyl (C=O) groups is 2. The summed E-state index contributed by atoms with van der Waals surface area (Å²) in [5.74, 6) is 0.695. The molecule has 1 aliphatic heterocycles. The zero-order valence-electron chi connectivity index (χ0n) is 10.2. The number of methoxy groups -OCH3 is 1. The minimum Gasteiger partial charge on any atom is -0.465 e. The van der Waals surface area contributed by atoms with Crippen LogP contribution >= 0.6 is 34.9 Å². The van der Waals surface area contributed by atoms with Crippen molar-refractivity contribution < 1.29 is 14.3 Å². The van der Waals surface area contributed by atoms with Gasteiger partial charge < -0.3 is 10.1 Å². The average Bonchev–Trinajstić information content (AvgIpc) is 3.06. The Morgan fingerprint density at radius 3 is 3.11 bits per heavy atom. The molecule has 0 radical (unpaired) electrons. The molecule has 0 fully saturated rings. The maximum atomic E-state index is 11.8. The van der Waals surface area contributed by atoms with Gasteiger partial charge >= 0.3 is 5.97 Å². The van der Waals surface area contributed by atoms with E-state index in [9.17, 15) is 9.59 Å². The highest BCUT2D eigenvalue weighted by Gasteiger charge is 2.16. The first-order valence-corrected chi connectivity index (χ1v) is 8.31. The molecular weight excluding hydrogens is 304 g/mol. The van der Waals surface area contributed by atoms with Crippen LogP contribution in [0.1, 0.15) is 9.67 Å². The standard InChI is InChI=1S/C11H12N2O3S3/c1-16-10(15)9-7(2-4-17-9)13-8(14)6-19-11-12-3-5-18-11/h2,4H,3,5-6H2,1H3,(H,13,14). The van der Waals surface area contributed by atoms with Crippen molar-refractivity contribution in [1.29, 1.82) is 0 Å². The van der Waals surface area contributed by atoms with Gasteiger partial charge in [0.25, 0.3) is 0 Å². The lowest BCUT2D eigenvalue weighted by atomic mass is 10.4. The van der Waals surface area contributed by atoms with Crippen molar-refractivity contribution in [3.05, 3.63) is 16.3 Å². The van der Waals surface area contributed by atoms with E-state index in [1.165, 1.54) is 30.2 Å². The number of ether oxygens (including phenoxy) is 1. The van der Waals surface area contributed by atoms with E-state index in [-0.39, 0.29) is 5.91 Å². The molecule has 1 amide bonds. The fraction of sp³-hybridized carbons (Fsp3) is 0.364. The van der Waals surface area contributed by atoms with Crippen LogP contribution in [0, 0.1) is 0 Å². The maximum Gasteiger partial charge on any atom is 0.350 e. The molecule has 8 heteroatoms. The largest absolute Gasteiger partial charge is 0.465 e. The Morgan fingerprint density at radius 2 is 2.42 bits per heavy atom. The quantitative estimate of drug-likeness (QED) is 0.863. The van der Waals surface area contributed by atoms with Gasteiger partial charge in [-0.15, -0.1) is 11.3 Å². The Labute approximate surface area is 123 Å². The van der Waals surface area contributed by atoms with Crippen LogP contribution in [0.3, 0.4) is 0 Å². The van der Waals surface area contributed by atoms with Gasteiger partial charge in [0.05, 0.1) is 25.1 Å². The highest BCUT2D eigenvalue weighted by molar-refractivity contribution is 8.39. The van der Waals surface area contributed by atoms with Gasteiger partial charge in [0.15, 0.2) is 0 Å². The summed E-state index contributed by atoms with van der Waals surface area (Å²) in [5, 5.41) is 4.46. The first-order valence-electron chi connectivity index (χ1n) is 5.46. The van der Waals surface area contributed by atoms with Gasteiger partial charge in [-0.2, -0.15) is 0 Å². The molecular formula is C11H12N2O3S3. The molecule has 1 aliphatic rings. The monoisotopic (exact) mass is 316 g/mol. The average molecular weight is 316 g/mol. The van der Waals surface area contributed by atoms with Gasteiger partial charge in [0, 0.05) is 5.75 Å². The van der Waals surface area contributed by atoms with E-state index in [1.807, 2.05) is 0 Å². The second-order valence-corrected chi connectivity index (χ2v) is 6.71. The van der Waals surface area contributed by atoms with Crippen LogP contribution in [0.4, 0.5) is 5.69 Å². The fourth-order valence-electron chi connectivity index (χ4n) is 1.37. The van der Waals surface area contributed by atoms with Crippen molar-refractivity contribution in [3.63, 3.8) is 0 Å². The molecule has 0 atom stereocenters. The van der Waals surface area contributed by atoms with Crippen LogP contribution in [0.2, 0.25) is 0 Å². The fourth-order valence-corrected chi connectivity index (χ4v) is 3.95. The second kappa shape index (κ2) is 6.97. The smallest absolute Gasteiger partial charge is 0.350 e. The molecule has 0 aromatic carbocycles. The summed E-state index contributed by atoms with van der Waals surface area (Å²) >= 11 is 4.33. The van der Waals surface area contributed by atoms with Crippen LogP contribution in [0.25, 0.3) is 0 Å². The maximum absolute atomic E-state index is 11.8. The van der Waals surface area contributed by atoms with Crippen LogP contribution in [0.15, 0.2) is 16.4 Å². The van der Waals surface area contributed by atoms with Crippen LogP contribution in [0.5, 0.6) is 0 Å². The molecule has 0 unspecified atom stereocenters. The Kier molecular flexibility index (Phi) is 5.29. The molecule has 2 heterocycles. The number of thiophene rings is 1. The number of anilines is 1. The molecule has 0 saturated carbocycles. The summed E-state index contributed by atoms with van der Waals surface area (Å²) in [7, 11) is 1.32. The number of aliphatic imine (C=N–C) groups is 1. The summed E-state index contributed by atoms with van der Waals surface area (Å²) in [4.78, 5) is 27.9. The number of nitrogens with zero attached hydrogens (tertiary/aromatic N) is 1. The van der Waals surface area contributed by atoms with Crippen molar-refractivity contribution in [1.82, 2.24) is 0 Å². The lowest BCUT2D eigenvalue weighted by Crippen LogP contribution is -2.16. The molecule has 1 N–H and O–H groups in total. The molecule has 1 aromatic rings. The predicted molar refractivity (Wildman–Crippen MR) is 81.5 cm³/mol. The van der Waals surface area contributed by atoms with Crippen LogP contribution < -0.4 is 5.32 Å². The first-order chi connectivity index (χ1) is 9.20. The van der Waals surface area contributed by atoms with Crippen molar-refractivity contribution in [3.8, 4) is 0 Å². The summed E-state index contributed by atoms with van der Waals surface area (Å²) in [6.07, 6.45) is 0. The minimum absolute atomic E-state index is 0.149. The van der Waals surface area contributed by atoms with Gasteiger partial charge in [-0.1, -0.05) is 23.5 Å². The topological polar surface area (TPSA) is 67.8 Å². The number of esters is 1. The zero-order valence-corrected chi connectivity index (χ0v) is 12.6. The Morgan fingerprint density at radius 1 is 1.58 bits per heavy atom. The Bertz CT molecular complexity index is 513. The number of amides is 1. The number of rotatable bonds is 4. The second-order valence-electron chi connectivity index (χ2n) is 3.49. The number of nitrogens with one attached hydrogen (secondary N) is 1. The molecule has 2 rings (SSSR count). The minimum atomic E-state index is -0.436. The third-order valence-electron chi connectivity index (χ3n) is 2.19. The SMILES string of the molecule is COC(=O)c1sccc1NC(=O)CSC1=NCCS1. The van der Waals surface area contributed by atoms with Gasteiger partial charge in [0.1, 0.15) is 9.25 Å². The van der Waals surface area contributed by atoms with E-state index in [0.29, 0.717) is 16.3 Å². The highest BCUT2D eigenvalue weighted by atomic mass is 32.2. The molecule has 0 bridgehead atoms. The summed E-state index contributed by atoms with van der Waals surface area (Å²) in [6, 6.07) is 1.70. The normalized spacial score (nSPS) is 14.1. The van der Waals surface area contributed by atoms with Crippen molar-refractivity contribution in [2.24, 2.45) is 4.99 Å². The van der Waals surface area contributed by atoms with Crippen molar-refractivity contribution in [2.45, 2.75) is 0 Å². The van der Waals surface area contributed by atoms with E-state index in [0.717, 1.165) is 16.7 Å². The molecule has 5 nitrogen and oxygen atoms in total. The van der Waals surface area contributed by atoms with E-state index in [2.05, 4.69) is 15.0 Å². The molecule has 0 aliphatic carbocycles. The van der Waals surface area contributed by atoms with Crippen molar-refractivity contribution in [2.75, 3.05) is 30.5 Å². The molecule has 0 spiro atoms. The number of hydrogen-bond donors (Lipinski definition) is 1. The third kappa shape index (κ3) is 3.99. The van der Waals surface area contributed by atoms with Crippen LogP contribution in [-0.2, 0) is 9.53 Å². The summed E-state index contributed by atoms with van der Waals surface area (Å²) < 4.78 is 5.60. The number of thioether (sulfide) groups is 2. The van der Waals surface area contributed by atoms with Gasteiger partial charge in [-0.25, -0.2) is 4.79 Å². The Balaban J connectivity index is 1.88. The zero-order chi connectivity index (χ0) is 13.7. The molecule has 19 heavy (non-hydrogen) atoms. The van der Waals surface area contributed by atoms with E-state index < -0.39 is 5.97 Å². The summed E-state index contributed by atoms with van der Waals surface area (Å²) in [5.41, 5.74) is 0.503. The predicted octanol–water partition coefficient (Wildman–Crippen LogP) is 2.31. The van der Waals surface area contributed by atoms with Crippen LogP contribution in [-0.4, -0.2) is 41.4 Å². The highest BCUT2D eigenvalue weighted by Crippen LogP contribution is 2.25. The van der Waals surface area contributed by atoms with Gasteiger partial charge in [-0.3, -0.25) is 9.79 Å². The third-order valence-corrected chi connectivity index (χ3v) is 5.34. The first kappa shape index (κ1) is 14.4. The van der Waals surface area contributed by atoms with E-state index in [4.69, 9.17) is 0 Å². The molecule has 0 saturated heterocycles. The number of hydrogen-bond acceptors (Lipinski definition) is 7. The Hall–Kier alpha value is -0.990. The van der Waals surface area contributed by atoms with E-state index >= 15 is 0 Å². The molecule has 102 valence electrons. The van der Waals surface area contributed by atoms with Gasteiger partial charge in [-0.05, 0) is 11.4 Å².